The molecule has 0 radical (unpaired) electrons. The highest BCUT2D eigenvalue weighted by Crippen LogP contribution is 2.31. The minimum Gasteiger partial charge on any atom is -0.598 e. The van der Waals surface area contributed by atoms with Crippen LogP contribution in [0.15, 0.2) is 41.2 Å². The van der Waals surface area contributed by atoms with E-state index < -0.39 is 16.1 Å². The average molecular weight is 428 g/mol. The Balaban J connectivity index is 2.25. The average Bonchev–Trinajstić information content (AvgIpc) is 2.69. The number of hydrogen-bond acceptors (Lipinski definition) is 5. The van der Waals surface area contributed by atoms with E-state index in [1.54, 1.807) is 18.7 Å². The molecule has 0 amide bonds. The summed E-state index contributed by atoms with van der Waals surface area (Å²) in [6.45, 7) is 9.66. The number of nitrogens with one attached hydrogen (secondary N) is 1. The molecular formula is C23H29N3O3S. The smallest absolute Gasteiger partial charge is 0.261 e. The number of hydrogen-bond donors (Lipinski definition) is 1. The van der Waals surface area contributed by atoms with E-state index in [9.17, 15) is 9.35 Å². The number of fused-ring (bicyclic) bond motifs is 1. The number of aromatic nitrogens is 2. The van der Waals surface area contributed by atoms with Crippen LogP contribution in [0, 0.1) is 6.92 Å². The van der Waals surface area contributed by atoms with Crippen LogP contribution in [0.3, 0.4) is 0 Å². The summed E-state index contributed by atoms with van der Waals surface area (Å²) in [5.41, 5.74) is 3.02. The van der Waals surface area contributed by atoms with Gasteiger partial charge in [0.25, 0.3) is 5.56 Å². The second-order valence-electron chi connectivity index (χ2n) is 8.47. The van der Waals surface area contributed by atoms with E-state index in [4.69, 9.17) is 9.72 Å². The Morgan fingerprint density at radius 2 is 1.90 bits per heavy atom. The molecule has 160 valence electrons. The van der Waals surface area contributed by atoms with Gasteiger partial charge < -0.3 is 9.29 Å². The van der Waals surface area contributed by atoms with Crippen LogP contribution in [0.4, 0.5) is 0 Å². The van der Waals surface area contributed by atoms with Crippen molar-refractivity contribution in [2.24, 2.45) is 7.05 Å². The molecule has 0 unspecified atom stereocenters. The van der Waals surface area contributed by atoms with E-state index in [0.29, 0.717) is 22.5 Å². The molecule has 1 aromatic heterocycles. The zero-order chi connectivity index (χ0) is 22.2. The van der Waals surface area contributed by atoms with Gasteiger partial charge >= 0.3 is 0 Å². The van der Waals surface area contributed by atoms with E-state index in [-0.39, 0.29) is 11.6 Å². The molecule has 0 aliphatic heterocycles. The van der Waals surface area contributed by atoms with Crippen LogP contribution in [0.1, 0.15) is 44.9 Å². The van der Waals surface area contributed by atoms with Crippen molar-refractivity contribution in [2.45, 2.75) is 45.4 Å². The van der Waals surface area contributed by atoms with E-state index in [1.807, 2.05) is 71.0 Å². The molecule has 0 spiro atoms. The lowest BCUT2D eigenvalue weighted by atomic mass is 10.0. The quantitative estimate of drug-likeness (QED) is 0.622. The Labute approximate surface area is 180 Å². The molecule has 1 N–H and O–H groups in total. The minimum atomic E-state index is -1.25. The van der Waals surface area contributed by atoms with Gasteiger partial charge in [-0.2, -0.15) is 0 Å². The molecule has 7 heteroatoms. The van der Waals surface area contributed by atoms with Crippen LogP contribution in [-0.2, 0) is 18.4 Å². The Bertz CT molecular complexity index is 1130. The summed E-state index contributed by atoms with van der Waals surface area (Å²) in [4.78, 5) is 18.1. The molecule has 0 aliphatic rings. The first-order valence-electron chi connectivity index (χ1n) is 9.87. The number of aryl methyl sites for hydroxylation is 1. The van der Waals surface area contributed by atoms with Crippen molar-refractivity contribution in [1.82, 2.24) is 14.3 Å². The van der Waals surface area contributed by atoms with Crippen LogP contribution < -0.4 is 15.0 Å². The highest BCUT2D eigenvalue weighted by atomic mass is 32.2. The zero-order valence-electron chi connectivity index (χ0n) is 18.6. The molecule has 3 aromatic rings. The van der Waals surface area contributed by atoms with Crippen molar-refractivity contribution in [1.29, 1.82) is 0 Å². The van der Waals surface area contributed by atoms with Gasteiger partial charge in [0.2, 0.25) is 0 Å². The summed E-state index contributed by atoms with van der Waals surface area (Å²) < 4.78 is 22.5. The number of rotatable bonds is 5. The van der Waals surface area contributed by atoms with E-state index >= 15 is 0 Å². The molecular weight excluding hydrogens is 398 g/mol. The molecule has 0 aliphatic carbocycles. The van der Waals surface area contributed by atoms with Gasteiger partial charge in [0.1, 0.15) is 16.3 Å². The fourth-order valence-electron chi connectivity index (χ4n) is 3.35. The van der Waals surface area contributed by atoms with Crippen molar-refractivity contribution >= 4 is 22.3 Å². The maximum atomic E-state index is 13.2. The van der Waals surface area contributed by atoms with Crippen LogP contribution >= 0.6 is 0 Å². The standard InChI is InChI=1S/C23H29N3O3S/c1-14-12-17(15(2)25-30(28)23(3,4)5)20-18(13-14)22(27)26(6)21(24-20)16-10-8-9-11-19(16)29-7/h8-13,15,25H,1-7H3/t15-,30-/m1/s1. The van der Waals surface area contributed by atoms with Crippen molar-refractivity contribution < 1.29 is 9.29 Å². The Hall–Kier alpha value is -2.35. The first kappa shape index (κ1) is 22.3. The predicted octanol–water partition coefficient (Wildman–Crippen LogP) is 4.03. The molecule has 6 nitrogen and oxygen atoms in total. The molecule has 2 aromatic carbocycles. The first-order chi connectivity index (χ1) is 14.0. The Kier molecular flexibility index (Phi) is 6.26. The van der Waals surface area contributed by atoms with Crippen molar-refractivity contribution in [3.05, 3.63) is 57.9 Å². The highest BCUT2D eigenvalue weighted by molar-refractivity contribution is 7.90. The normalized spacial score (nSPS) is 14.0. The summed E-state index contributed by atoms with van der Waals surface area (Å²) in [5.74, 6) is 1.17. The molecule has 3 rings (SSSR count). The number of ether oxygens (including phenoxy) is 1. The van der Waals surface area contributed by atoms with Gasteiger partial charge in [0.15, 0.2) is 0 Å². The third kappa shape index (κ3) is 4.24. The Morgan fingerprint density at radius 1 is 1.23 bits per heavy atom. The van der Waals surface area contributed by atoms with Crippen molar-refractivity contribution in [3.8, 4) is 17.1 Å². The topological polar surface area (TPSA) is 79.2 Å². The van der Waals surface area contributed by atoms with Gasteiger partial charge in [-0.05, 0) is 58.4 Å². The number of para-hydroxylation sites is 1. The maximum absolute atomic E-state index is 13.2. The summed E-state index contributed by atoms with van der Waals surface area (Å²) in [6, 6.07) is 11.1. The number of nitrogens with zero attached hydrogens (tertiary/aromatic N) is 2. The summed E-state index contributed by atoms with van der Waals surface area (Å²) >= 11 is -1.25. The molecule has 0 saturated heterocycles. The lowest BCUT2D eigenvalue weighted by Gasteiger charge is -2.27. The zero-order valence-corrected chi connectivity index (χ0v) is 19.4. The Morgan fingerprint density at radius 3 is 2.53 bits per heavy atom. The maximum Gasteiger partial charge on any atom is 0.261 e. The fourth-order valence-corrected chi connectivity index (χ4v) is 4.16. The summed E-state index contributed by atoms with van der Waals surface area (Å²) in [7, 11) is 3.31. The van der Waals surface area contributed by atoms with Gasteiger partial charge in [-0.1, -0.05) is 18.2 Å². The van der Waals surface area contributed by atoms with Crippen LogP contribution in [-0.4, -0.2) is 26.0 Å². The molecule has 30 heavy (non-hydrogen) atoms. The SMILES string of the molecule is COc1ccccc1-c1nc2c([C@@H](C)N[S@+]([O-])C(C)(C)C)cc(C)cc2c(=O)n1C. The second-order valence-corrected chi connectivity index (χ2v) is 10.5. The molecule has 2 atom stereocenters. The van der Waals surface area contributed by atoms with Gasteiger partial charge in [-0.25, -0.2) is 4.98 Å². The summed E-state index contributed by atoms with van der Waals surface area (Å²) in [5, 5.41) is 0.543. The second kappa shape index (κ2) is 8.41. The minimum absolute atomic E-state index is 0.130. The van der Waals surface area contributed by atoms with Gasteiger partial charge in [0.05, 0.1) is 29.6 Å². The monoisotopic (exact) mass is 427 g/mol. The van der Waals surface area contributed by atoms with E-state index in [2.05, 4.69) is 4.72 Å². The molecule has 1 heterocycles. The highest BCUT2D eigenvalue weighted by Gasteiger charge is 2.29. The fraction of sp³-hybridized carbons (Fsp3) is 0.391. The largest absolute Gasteiger partial charge is 0.598 e. The van der Waals surface area contributed by atoms with Crippen molar-refractivity contribution in [3.63, 3.8) is 0 Å². The van der Waals surface area contributed by atoms with Gasteiger partial charge in [-0.15, -0.1) is 4.72 Å². The third-order valence-corrected chi connectivity index (χ3v) is 6.69. The van der Waals surface area contributed by atoms with E-state index in [0.717, 1.165) is 16.7 Å². The van der Waals surface area contributed by atoms with Crippen LogP contribution in [0.25, 0.3) is 22.3 Å². The first-order valence-corrected chi connectivity index (χ1v) is 11.0. The lowest BCUT2D eigenvalue weighted by molar-refractivity contribution is 0.416. The van der Waals surface area contributed by atoms with Crippen LogP contribution in [0.2, 0.25) is 0 Å². The summed E-state index contributed by atoms with van der Waals surface area (Å²) in [6.07, 6.45) is 0. The van der Waals surface area contributed by atoms with Gasteiger partial charge in [-0.3, -0.25) is 9.36 Å². The third-order valence-electron chi connectivity index (χ3n) is 5.01. The van der Waals surface area contributed by atoms with E-state index in [1.165, 1.54) is 0 Å². The molecule has 0 saturated carbocycles. The predicted molar refractivity (Wildman–Crippen MR) is 123 cm³/mol. The number of benzene rings is 2. The van der Waals surface area contributed by atoms with Crippen LogP contribution in [0.5, 0.6) is 5.75 Å². The molecule has 0 bridgehead atoms. The van der Waals surface area contributed by atoms with Crippen molar-refractivity contribution in [2.75, 3.05) is 7.11 Å². The number of methoxy groups -OCH3 is 1. The lowest BCUT2D eigenvalue weighted by Crippen LogP contribution is -2.40. The molecule has 0 fully saturated rings. The van der Waals surface area contributed by atoms with Gasteiger partial charge in [0, 0.05) is 24.0 Å².